The first-order valence-corrected chi connectivity index (χ1v) is 11.5. The number of hydrogen-bond donors (Lipinski definition) is 0. The van der Waals surface area contributed by atoms with Crippen molar-refractivity contribution in [3.8, 4) is 16.9 Å². The SMILES string of the molecule is CCn1cc(C(=O)N2CCN(Cc3cccc(F)c3)CC2)c2nn(-c3ccccc3)c(=O)c-2c1. The molecule has 0 atom stereocenters. The van der Waals surface area contributed by atoms with Gasteiger partial charge in [0.25, 0.3) is 11.5 Å². The number of aryl methyl sites for hydroxylation is 1. The van der Waals surface area contributed by atoms with Crippen LogP contribution in [0.2, 0.25) is 0 Å². The zero-order valence-electron chi connectivity index (χ0n) is 19.0. The van der Waals surface area contributed by atoms with Gasteiger partial charge in [-0.2, -0.15) is 9.78 Å². The first-order chi connectivity index (χ1) is 16.5. The number of benzene rings is 2. The zero-order chi connectivity index (χ0) is 23.7. The Morgan fingerprint density at radius 1 is 1.00 bits per heavy atom. The molecule has 0 N–H and O–H groups in total. The Hall–Kier alpha value is -3.78. The average molecular weight is 460 g/mol. The number of aromatic nitrogens is 3. The predicted molar refractivity (Wildman–Crippen MR) is 128 cm³/mol. The number of fused-ring (bicyclic) bond motifs is 1. The van der Waals surface area contributed by atoms with Crippen molar-refractivity contribution in [1.82, 2.24) is 24.1 Å². The smallest absolute Gasteiger partial charge is 0.282 e. The number of para-hydroxylation sites is 1. The number of nitrogens with zero attached hydrogens (tertiary/aromatic N) is 5. The molecule has 8 heteroatoms. The highest BCUT2D eigenvalue weighted by molar-refractivity contribution is 6.00. The van der Waals surface area contributed by atoms with Crippen LogP contribution in [0.4, 0.5) is 4.39 Å². The number of carbonyl (C=O) groups is 1. The Kier molecular flexibility index (Phi) is 5.98. The first kappa shape index (κ1) is 22.0. The van der Waals surface area contributed by atoms with Gasteiger partial charge in [-0.25, -0.2) is 4.39 Å². The van der Waals surface area contributed by atoms with E-state index in [-0.39, 0.29) is 17.3 Å². The molecule has 1 amide bonds. The lowest BCUT2D eigenvalue weighted by atomic mass is 10.1. The molecule has 174 valence electrons. The van der Waals surface area contributed by atoms with Gasteiger partial charge in [0.1, 0.15) is 11.5 Å². The topological polar surface area (TPSA) is 63.4 Å². The summed E-state index contributed by atoms with van der Waals surface area (Å²) in [7, 11) is 0. The molecule has 0 saturated carbocycles. The summed E-state index contributed by atoms with van der Waals surface area (Å²) < 4.78 is 16.7. The summed E-state index contributed by atoms with van der Waals surface area (Å²) in [5, 5.41) is 4.55. The van der Waals surface area contributed by atoms with E-state index in [9.17, 15) is 14.0 Å². The van der Waals surface area contributed by atoms with Gasteiger partial charge in [0, 0.05) is 51.7 Å². The summed E-state index contributed by atoms with van der Waals surface area (Å²) in [6.45, 7) is 5.74. The number of pyridine rings is 1. The fourth-order valence-electron chi connectivity index (χ4n) is 4.42. The lowest BCUT2D eigenvalue weighted by Crippen LogP contribution is -2.48. The highest BCUT2D eigenvalue weighted by Crippen LogP contribution is 2.24. The van der Waals surface area contributed by atoms with Crippen molar-refractivity contribution in [3.05, 3.63) is 94.3 Å². The molecule has 1 fully saturated rings. The number of amides is 1. The van der Waals surface area contributed by atoms with E-state index in [1.165, 1.54) is 10.7 Å². The van der Waals surface area contributed by atoms with Crippen LogP contribution in [0.3, 0.4) is 0 Å². The highest BCUT2D eigenvalue weighted by atomic mass is 19.1. The molecular weight excluding hydrogens is 433 g/mol. The number of hydrogen-bond acceptors (Lipinski definition) is 4. The van der Waals surface area contributed by atoms with Gasteiger partial charge in [0.2, 0.25) is 0 Å². The Bertz CT molecular complexity index is 1340. The van der Waals surface area contributed by atoms with Gasteiger partial charge in [0.05, 0.1) is 16.8 Å². The van der Waals surface area contributed by atoms with E-state index in [1.807, 2.05) is 52.8 Å². The third kappa shape index (κ3) is 4.24. The fourth-order valence-corrected chi connectivity index (χ4v) is 4.42. The summed E-state index contributed by atoms with van der Waals surface area (Å²) in [4.78, 5) is 30.7. The maximum absolute atomic E-state index is 13.5. The second-order valence-electron chi connectivity index (χ2n) is 8.52. The third-order valence-electron chi connectivity index (χ3n) is 6.27. The van der Waals surface area contributed by atoms with Crippen molar-refractivity contribution in [2.24, 2.45) is 0 Å². The predicted octanol–water partition coefficient (Wildman–Crippen LogP) is 3.26. The van der Waals surface area contributed by atoms with Gasteiger partial charge in [-0.15, -0.1) is 0 Å². The van der Waals surface area contributed by atoms with E-state index >= 15 is 0 Å². The first-order valence-electron chi connectivity index (χ1n) is 11.5. The molecule has 7 nitrogen and oxygen atoms in total. The quantitative estimate of drug-likeness (QED) is 0.460. The van der Waals surface area contributed by atoms with Gasteiger partial charge in [0.15, 0.2) is 0 Å². The monoisotopic (exact) mass is 459 g/mol. The molecule has 3 heterocycles. The van der Waals surface area contributed by atoms with Crippen LogP contribution in [0.25, 0.3) is 16.9 Å². The lowest BCUT2D eigenvalue weighted by Gasteiger charge is -2.35. The summed E-state index contributed by atoms with van der Waals surface area (Å²) in [5.41, 5.74) is 2.63. The van der Waals surface area contributed by atoms with Gasteiger partial charge in [-0.1, -0.05) is 30.3 Å². The molecule has 3 aliphatic rings. The molecular formula is C26H26FN5O2. The summed E-state index contributed by atoms with van der Waals surface area (Å²) in [6, 6.07) is 15.8. The van der Waals surface area contributed by atoms with Crippen LogP contribution in [0.5, 0.6) is 0 Å². The van der Waals surface area contributed by atoms with E-state index in [1.54, 1.807) is 24.5 Å². The molecule has 0 spiro atoms. The highest BCUT2D eigenvalue weighted by Gasteiger charge is 2.29. The van der Waals surface area contributed by atoms with E-state index in [0.29, 0.717) is 61.8 Å². The molecule has 3 aliphatic heterocycles. The number of halogens is 1. The molecule has 0 unspecified atom stereocenters. The summed E-state index contributed by atoms with van der Waals surface area (Å²) in [5.74, 6) is -0.368. The molecule has 0 radical (unpaired) electrons. The van der Waals surface area contributed by atoms with E-state index in [4.69, 9.17) is 0 Å². The van der Waals surface area contributed by atoms with Crippen molar-refractivity contribution in [2.75, 3.05) is 26.2 Å². The van der Waals surface area contributed by atoms with Crippen LogP contribution >= 0.6 is 0 Å². The summed E-state index contributed by atoms with van der Waals surface area (Å²) in [6.07, 6.45) is 3.55. The average Bonchev–Trinajstić information content (AvgIpc) is 3.20. The molecule has 1 saturated heterocycles. The maximum Gasteiger partial charge on any atom is 0.282 e. The number of rotatable bonds is 5. The normalized spacial score (nSPS) is 14.6. The molecule has 0 aromatic heterocycles. The van der Waals surface area contributed by atoms with Crippen molar-refractivity contribution in [3.63, 3.8) is 0 Å². The zero-order valence-corrected chi connectivity index (χ0v) is 19.0. The molecule has 2 aromatic rings. The van der Waals surface area contributed by atoms with Crippen molar-refractivity contribution < 1.29 is 9.18 Å². The van der Waals surface area contributed by atoms with Crippen LogP contribution in [-0.4, -0.2) is 56.2 Å². The van der Waals surface area contributed by atoms with Crippen LogP contribution in [-0.2, 0) is 13.1 Å². The second kappa shape index (κ2) is 9.23. The molecule has 0 aliphatic carbocycles. The minimum Gasteiger partial charge on any atom is -0.353 e. The van der Waals surface area contributed by atoms with Crippen LogP contribution in [0.15, 0.2) is 71.8 Å². The third-order valence-corrected chi connectivity index (χ3v) is 6.27. The van der Waals surface area contributed by atoms with E-state index in [0.717, 1.165) is 5.56 Å². The van der Waals surface area contributed by atoms with Gasteiger partial charge in [-0.3, -0.25) is 14.5 Å². The number of carbonyl (C=O) groups excluding carboxylic acids is 1. The largest absolute Gasteiger partial charge is 0.353 e. The van der Waals surface area contributed by atoms with Crippen LogP contribution in [0.1, 0.15) is 22.8 Å². The minimum absolute atomic E-state index is 0.129. The summed E-state index contributed by atoms with van der Waals surface area (Å²) >= 11 is 0. The Morgan fingerprint density at radius 3 is 2.47 bits per heavy atom. The lowest BCUT2D eigenvalue weighted by molar-refractivity contribution is 0.0628. The minimum atomic E-state index is -0.240. The van der Waals surface area contributed by atoms with Gasteiger partial charge in [-0.05, 0) is 36.8 Å². The van der Waals surface area contributed by atoms with E-state index < -0.39 is 0 Å². The van der Waals surface area contributed by atoms with Crippen LogP contribution < -0.4 is 5.56 Å². The van der Waals surface area contributed by atoms with Gasteiger partial charge >= 0.3 is 0 Å². The van der Waals surface area contributed by atoms with Gasteiger partial charge < -0.3 is 9.47 Å². The maximum atomic E-state index is 13.5. The Balaban J connectivity index is 1.39. The fraction of sp³-hybridized carbons (Fsp3) is 0.269. The molecule has 2 aromatic carbocycles. The second-order valence-corrected chi connectivity index (χ2v) is 8.52. The number of piperazine rings is 1. The van der Waals surface area contributed by atoms with Crippen molar-refractivity contribution in [1.29, 1.82) is 0 Å². The van der Waals surface area contributed by atoms with Crippen LogP contribution in [0, 0.1) is 5.82 Å². The van der Waals surface area contributed by atoms with E-state index in [2.05, 4.69) is 10.00 Å². The van der Waals surface area contributed by atoms with Crippen molar-refractivity contribution in [2.45, 2.75) is 20.0 Å². The van der Waals surface area contributed by atoms with Crippen molar-refractivity contribution >= 4 is 5.91 Å². The molecule has 5 rings (SSSR count). The molecule has 34 heavy (non-hydrogen) atoms. The molecule has 0 bridgehead atoms. The Morgan fingerprint density at radius 2 is 1.76 bits per heavy atom. The standard InChI is InChI=1S/C26H26FN5O2/c1-2-29-17-22(24-23(18-29)26(34)32(28-24)21-9-4-3-5-10-21)25(33)31-13-11-30(12-14-31)16-19-7-6-8-20(27)15-19/h3-10,15,17-18H,2,11-14,16H2,1H3. The Labute approximate surface area is 197 Å².